The summed E-state index contributed by atoms with van der Waals surface area (Å²) in [5.41, 5.74) is 3.63. The second-order valence-corrected chi connectivity index (χ2v) is 7.60. The molecule has 0 spiro atoms. The summed E-state index contributed by atoms with van der Waals surface area (Å²) >= 11 is 1.58. The summed E-state index contributed by atoms with van der Waals surface area (Å²) in [6, 6.07) is 17.6. The first-order valence-electron chi connectivity index (χ1n) is 9.08. The summed E-state index contributed by atoms with van der Waals surface area (Å²) in [6.07, 6.45) is 0. The van der Waals surface area contributed by atoms with Gasteiger partial charge in [0.2, 0.25) is 5.91 Å². The monoisotopic (exact) mass is 407 g/mol. The Morgan fingerprint density at radius 1 is 0.793 bits per heavy atom. The fourth-order valence-corrected chi connectivity index (χ4v) is 4.58. The molecule has 0 bridgehead atoms. The number of methoxy groups -OCH3 is 3. The van der Waals surface area contributed by atoms with Crippen LogP contribution in [0.25, 0.3) is 11.1 Å². The first-order chi connectivity index (χ1) is 14.0. The Bertz CT molecular complexity index is 1080. The number of hydrogen-bond acceptors (Lipinski definition) is 5. The normalized spacial score (nSPS) is 12.1. The van der Waals surface area contributed by atoms with Gasteiger partial charge in [-0.25, -0.2) is 0 Å². The van der Waals surface area contributed by atoms with E-state index in [2.05, 4.69) is 0 Å². The van der Waals surface area contributed by atoms with Crippen molar-refractivity contribution in [1.29, 1.82) is 0 Å². The van der Waals surface area contributed by atoms with Crippen LogP contribution in [0.1, 0.15) is 6.92 Å². The molecule has 148 valence electrons. The number of carbonyl (C=O) groups excluding carboxylic acids is 1. The molecular weight excluding hydrogens is 386 g/mol. The standard InChI is InChI=1S/C23H21NO4S/c1-14(25)24-19-10-9-18(27-3)13-22(19)29-23-20(24)11-16(12-21(23)28-4)15-5-7-17(26-2)8-6-15/h5-13H,1-4H3. The molecule has 0 aromatic heterocycles. The van der Waals surface area contributed by atoms with Crippen LogP contribution in [-0.4, -0.2) is 27.2 Å². The predicted octanol–water partition coefficient (Wildman–Crippen LogP) is 5.53. The third-order valence-electron chi connectivity index (χ3n) is 4.85. The van der Waals surface area contributed by atoms with Crippen molar-refractivity contribution in [3.8, 4) is 28.4 Å². The highest BCUT2D eigenvalue weighted by atomic mass is 32.2. The molecule has 6 heteroatoms. The lowest BCUT2D eigenvalue weighted by Crippen LogP contribution is -2.26. The largest absolute Gasteiger partial charge is 0.497 e. The summed E-state index contributed by atoms with van der Waals surface area (Å²) in [6.45, 7) is 1.57. The molecule has 3 aromatic carbocycles. The summed E-state index contributed by atoms with van der Waals surface area (Å²) in [5.74, 6) is 2.20. The Balaban J connectivity index is 1.89. The van der Waals surface area contributed by atoms with E-state index < -0.39 is 0 Å². The van der Waals surface area contributed by atoms with Gasteiger partial charge < -0.3 is 14.2 Å². The van der Waals surface area contributed by atoms with Gasteiger partial charge >= 0.3 is 0 Å². The number of benzene rings is 3. The molecule has 0 saturated heterocycles. The Morgan fingerprint density at radius 2 is 1.48 bits per heavy atom. The lowest BCUT2D eigenvalue weighted by atomic mass is 10.0. The van der Waals surface area contributed by atoms with Gasteiger partial charge in [0.15, 0.2) is 0 Å². The Kier molecular flexibility index (Phi) is 5.11. The van der Waals surface area contributed by atoms with Gasteiger partial charge in [-0.15, -0.1) is 0 Å². The van der Waals surface area contributed by atoms with Gasteiger partial charge in [-0.2, -0.15) is 0 Å². The topological polar surface area (TPSA) is 48.0 Å². The second-order valence-electron chi connectivity index (χ2n) is 6.55. The third kappa shape index (κ3) is 3.40. The molecule has 1 aliphatic rings. The summed E-state index contributed by atoms with van der Waals surface area (Å²) < 4.78 is 16.3. The molecule has 5 nitrogen and oxygen atoms in total. The zero-order valence-electron chi connectivity index (χ0n) is 16.7. The fraction of sp³-hybridized carbons (Fsp3) is 0.174. The molecular formula is C23H21NO4S. The fourth-order valence-electron chi connectivity index (χ4n) is 3.42. The molecule has 0 aliphatic carbocycles. The zero-order valence-corrected chi connectivity index (χ0v) is 17.5. The highest BCUT2D eigenvalue weighted by molar-refractivity contribution is 7.99. The van der Waals surface area contributed by atoms with Crippen molar-refractivity contribution >= 4 is 29.0 Å². The van der Waals surface area contributed by atoms with Crippen molar-refractivity contribution < 1.29 is 19.0 Å². The average Bonchev–Trinajstić information content (AvgIpc) is 2.76. The van der Waals surface area contributed by atoms with Gasteiger partial charge in [-0.3, -0.25) is 9.69 Å². The maximum atomic E-state index is 12.6. The van der Waals surface area contributed by atoms with Crippen molar-refractivity contribution in [3.05, 3.63) is 54.6 Å². The zero-order chi connectivity index (χ0) is 20.5. The lowest BCUT2D eigenvalue weighted by molar-refractivity contribution is -0.115. The van der Waals surface area contributed by atoms with Crippen molar-refractivity contribution in [2.45, 2.75) is 16.7 Å². The third-order valence-corrected chi connectivity index (χ3v) is 6.02. The first kappa shape index (κ1) is 19.2. The first-order valence-corrected chi connectivity index (χ1v) is 9.90. The van der Waals surface area contributed by atoms with Crippen molar-refractivity contribution in [1.82, 2.24) is 0 Å². The van der Waals surface area contributed by atoms with E-state index in [1.54, 1.807) is 44.9 Å². The molecule has 4 rings (SSSR count). The minimum absolute atomic E-state index is 0.0631. The molecule has 0 N–H and O–H groups in total. The minimum Gasteiger partial charge on any atom is -0.497 e. The molecule has 0 saturated carbocycles. The van der Waals surface area contributed by atoms with Crippen LogP contribution < -0.4 is 19.1 Å². The maximum absolute atomic E-state index is 12.6. The average molecular weight is 407 g/mol. The van der Waals surface area contributed by atoms with E-state index in [0.29, 0.717) is 0 Å². The number of fused-ring (bicyclic) bond motifs is 2. The number of carbonyl (C=O) groups is 1. The summed E-state index contributed by atoms with van der Waals surface area (Å²) in [5, 5.41) is 0. The van der Waals surface area contributed by atoms with E-state index in [9.17, 15) is 4.79 Å². The number of nitrogens with zero attached hydrogens (tertiary/aromatic N) is 1. The van der Waals surface area contributed by atoms with Gasteiger partial charge in [-0.05, 0) is 53.6 Å². The highest BCUT2D eigenvalue weighted by Gasteiger charge is 2.30. The van der Waals surface area contributed by atoms with E-state index >= 15 is 0 Å². The minimum atomic E-state index is -0.0631. The second kappa shape index (κ2) is 7.72. The molecule has 1 aliphatic heterocycles. The lowest BCUT2D eigenvalue weighted by Gasteiger charge is -2.32. The van der Waals surface area contributed by atoms with Crippen LogP contribution in [-0.2, 0) is 4.79 Å². The van der Waals surface area contributed by atoms with E-state index in [0.717, 1.165) is 49.5 Å². The van der Waals surface area contributed by atoms with Crippen molar-refractivity contribution in [2.75, 3.05) is 26.2 Å². The van der Waals surface area contributed by atoms with Gasteiger partial charge in [0.25, 0.3) is 0 Å². The molecule has 0 fully saturated rings. The van der Waals surface area contributed by atoms with Gasteiger partial charge in [0.1, 0.15) is 17.2 Å². The number of hydrogen-bond donors (Lipinski definition) is 0. The Labute approximate surface area is 174 Å². The highest BCUT2D eigenvalue weighted by Crippen LogP contribution is 2.53. The van der Waals surface area contributed by atoms with E-state index in [1.165, 1.54) is 0 Å². The quantitative estimate of drug-likeness (QED) is 0.569. The van der Waals surface area contributed by atoms with Crippen LogP contribution in [0.15, 0.2) is 64.4 Å². The van der Waals surface area contributed by atoms with Gasteiger partial charge in [0.05, 0.1) is 37.6 Å². The number of amides is 1. The maximum Gasteiger partial charge on any atom is 0.228 e. The van der Waals surface area contributed by atoms with Crippen molar-refractivity contribution in [3.63, 3.8) is 0 Å². The van der Waals surface area contributed by atoms with Crippen LogP contribution in [0.3, 0.4) is 0 Å². The van der Waals surface area contributed by atoms with Crippen LogP contribution >= 0.6 is 11.8 Å². The Hall–Kier alpha value is -3.12. The van der Waals surface area contributed by atoms with E-state index in [-0.39, 0.29) is 5.91 Å². The molecule has 29 heavy (non-hydrogen) atoms. The molecule has 1 amide bonds. The molecule has 0 unspecified atom stereocenters. The number of rotatable bonds is 4. The van der Waals surface area contributed by atoms with E-state index in [4.69, 9.17) is 14.2 Å². The SMILES string of the molecule is COc1ccc(-c2cc(OC)c3c(c2)N(C(C)=O)c2ccc(OC)cc2S3)cc1. The van der Waals surface area contributed by atoms with Crippen molar-refractivity contribution in [2.24, 2.45) is 0 Å². The smallest absolute Gasteiger partial charge is 0.228 e. The summed E-state index contributed by atoms with van der Waals surface area (Å²) in [7, 11) is 4.92. The van der Waals surface area contributed by atoms with Gasteiger partial charge in [0, 0.05) is 11.8 Å². The van der Waals surface area contributed by atoms with Gasteiger partial charge in [-0.1, -0.05) is 23.9 Å². The number of anilines is 2. The Morgan fingerprint density at radius 3 is 2.10 bits per heavy atom. The molecule has 3 aromatic rings. The van der Waals surface area contributed by atoms with Crippen LogP contribution in [0.4, 0.5) is 11.4 Å². The summed E-state index contributed by atoms with van der Waals surface area (Å²) in [4.78, 5) is 16.2. The number of ether oxygens (including phenoxy) is 3. The molecule has 0 radical (unpaired) electrons. The molecule has 0 atom stereocenters. The molecule has 1 heterocycles. The predicted molar refractivity (Wildman–Crippen MR) is 115 cm³/mol. The van der Waals surface area contributed by atoms with Crippen LogP contribution in [0.5, 0.6) is 17.2 Å². The van der Waals surface area contributed by atoms with Crippen LogP contribution in [0, 0.1) is 0 Å². The van der Waals surface area contributed by atoms with E-state index in [1.807, 2.05) is 54.6 Å². The van der Waals surface area contributed by atoms with Crippen LogP contribution in [0.2, 0.25) is 0 Å².